The third-order valence-electron chi connectivity index (χ3n) is 2.20. The lowest BCUT2D eigenvalue weighted by molar-refractivity contribution is 0.459. The van der Waals surface area contributed by atoms with E-state index in [2.05, 4.69) is 45.3 Å². The fraction of sp³-hybridized carbons (Fsp3) is 0.333. The Morgan fingerprint density at radius 1 is 1.35 bits per heavy atom. The van der Waals surface area contributed by atoms with Crippen LogP contribution in [0.2, 0.25) is 0 Å². The molecule has 0 amide bonds. The molecule has 0 saturated carbocycles. The maximum atomic E-state index is 5.57. The predicted molar refractivity (Wildman–Crippen MR) is 69.4 cm³/mol. The minimum Gasteiger partial charge on any atom is -0.419 e. The number of benzene rings is 1. The number of nitrogens with zero attached hydrogens (tertiary/aromatic N) is 2. The molecule has 90 valence electrons. The quantitative estimate of drug-likeness (QED) is 0.942. The van der Waals surface area contributed by atoms with Gasteiger partial charge >= 0.3 is 0 Å². The molecule has 0 unspecified atom stereocenters. The van der Waals surface area contributed by atoms with Crippen LogP contribution in [-0.2, 0) is 6.54 Å². The third-order valence-corrected chi connectivity index (χ3v) is 2.69. The Kier molecular flexibility index (Phi) is 3.91. The molecule has 2 rings (SSSR count). The highest BCUT2D eigenvalue weighted by Gasteiger charge is 2.08. The monoisotopic (exact) mass is 295 g/mol. The van der Waals surface area contributed by atoms with Gasteiger partial charge in [0.25, 0.3) is 0 Å². The number of nitrogens with one attached hydrogen (secondary N) is 1. The zero-order chi connectivity index (χ0) is 12.3. The van der Waals surface area contributed by atoms with Crippen LogP contribution in [0.15, 0.2) is 33.2 Å². The van der Waals surface area contributed by atoms with Gasteiger partial charge in [0.1, 0.15) is 0 Å². The van der Waals surface area contributed by atoms with Gasteiger partial charge in [0.15, 0.2) is 0 Å². The molecule has 2 aromatic rings. The molecule has 1 aromatic heterocycles. The number of hydrogen-bond acceptors (Lipinski definition) is 4. The van der Waals surface area contributed by atoms with Gasteiger partial charge in [-0.2, -0.15) is 0 Å². The Labute approximate surface area is 109 Å². The number of aromatic nitrogens is 2. The Morgan fingerprint density at radius 2 is 2.18 bits per heavy atom. The SMILES string of the molecule is CC(C)NCc1nnc(-c2cccc(Br)c2)o1. The van der Waals surface area contributed by atoms with E-state index in [1.807, 2.05) is 24.3 Å². The summed E-state index contributed by atoms with van der Waals surface area (Å²) in [7, 11) is 0. The van der Waals surface area contributed by atoms with Gasteiger partial charge in [-0.1, -0.05) is 35.8 Å². The molecular formula is C12H14BrN3O. The van der Waals surface area contributed by atoms with Crippen molar-refractivity contribution in [1.29, 1.82) is 0 Å². The van der Waals surface area contributed by atoms with E-state index in [9.17, 15) is 0 Å². The average Bonchev–Trinajstić information content (AvgIpc) is 2.75. The molecule has 1 N–H and O–H groups in total. The topological polar surface area (TPSA) is 51.0 Å². The molecule has 5 heteroatoms. The highest BCUT2D eigenvalue weighted by molar-refractivity contribution is 9.10. The zero-order valence-electron chi connectivity index (χ0n) is 9.77. The van der Waals surface area contributed by atoms with E-state index in [1.165, 1.54) is 0 Å². The first kappa shape index (κ1) is 12.3. The lowest BCUT2D eigenvalue weighted by Gasteiger charge is -2.03. The normalized spacial score (nSPS) is 11.1. The van der Waals surface area contributed by atoms with Crippen LogP contribution in [0, 0.1) is 0 Å². The lowest BCUT2D eigenvalue weighted by atomic mass is 10.2. The Morgan fingerprint density at radius 3 is 2.88 bits per heavy atom. The predicted octanol–water partition coefficient (Wildman–Crippen LogP) is 3.00. The van der Waals surface area contributed by atoms with Crippen LogP contribution in [0.5, 0.6) is 0 Å². The first-order valence-electron chi connectivity index (χ1n) is 5.47. The van der Waals surface area contributed by atoms with E-state index in [0.717, 1.165) is 10.0 Å². The Bertz CT molecular complexity index is 496. The summed E-state index contributed by atoms with van der Waals surface area (Å²) < 4.78 is 6.56. The van der Waals surface area contributed by atoms with Crippen molar-refractivity contribution in [3.63, 3.8) is 0 Å². The Balaban J connectivity index is 2.12. The maximum absolute atomic E-state index is 5.57. The standard InChI is InChI=1S/C12H14BrN3O/c1-8(2)14-7-11-15-16-12(17-11)9-4-3-5-10(13)6-9/h3-6,8,14H,7H2,1-2H3. The van der Waals surface area contributed by atoms with Crippen LogP contribution >= 0.6 is 15.9 Å². The van der Waals surface area contributed by atoms with Crippen LogP contribution in [0.3, 0.4) is 0 Å². The van der Waals surface area contributed by atoms with E-state index in [4.69, 9.17) is 4.42 Å². The molecule has 0 atom stereocenters. The largest absolute Gasteiger partial charge is 0.419 e. The molecule has 4 nitrogen and oxygen atoms in total. The third kappa shape index (κ3) is 3.38. The van der Waals surface area contributed by atoms with Gasteiger partial charge in [0.05, 0.1) is 6.54 Å². The van der Waals surface area contributed by atoms with Gasteiger partial charge in [-0.05, 0) is 18.2 Å². The summed E-state index contributed by atoms with van der Waals surface area (Å²) in [6.45, 7) is 4.75. The van der Waals surface area contributed by atoms with Gasteiger partial charge in [-0.3, -0.25) is 0 Å². The van der Waals surface area contributed by atoms with E-state index >= 15 is 0 Å². The van der Waals surface area contributed by atoms with E-state index in [0.29, 0.717) is 24.4 Å². The maximum Gasteiger partial charge on any atom is 0.247 e. The van der Waals surface area contributed by atoms with E-state index in [1.54, 1.807) is 0 Å². The fourth-order valence-electron chi connectivity index (χ4n) is 1.35. The number of rotatable bonds is 4. The molecular weight excluding hydrogens is 282 g/mol. The summed E-state index contributed by atoms with van der Waals surface area (Å²) >= 11 is 3.41. The minimum atomic E-state index is 0.399. The average molecular weight is 296 g/mol. The van der Waals surface area contributed by atoms with E-state index in [-0.39, 0.29) is 0 Å². The zero-order valence-corrected chi connectivity index (χ0v) is 11.4. The first-order chi connectivity index (χ1) is 8.15. The van der Waals surface area contributed by atoms with Crippen LogP contribution in [0.1, 0.15) is 19.7 Å². The highest BCUT2D eigenvalue weighted by atomic mass is 79.9. The summed E-state index contributed by atoms with van der Waals surface area (Å²) in [4.78, 5) is 0. The van der Waals surface area contributed by atoms with Crippen molar-refractivity contribution in [2.45, 2.75) is 26.4 Å². The second kappa shape index (κ2) is 5.42. The minimum absolute atomic E-state index is 0.399. The molecule has 0 aliphatic heterocycles. The molecule has 1 aromatic carbocycles. The van der Waals surface area contributed by atoms with Gasteiger partial charge in [-0.25, -0.2) is 0 Å². The van der Waals surface area contributed by atoms with Crippen LogP contribution in [0.4, 0.5) is 0 Å². The Hall–Kier alpha value is -1.20. The van der Waals surface area contributed by atoms with Gasteiger partial charge in [0, 0.05) is 16.1 Å². The van der Waals surface area contributed by atoms with Gasteiger partial charge < -0.3 is 9.73 Å². The van der Waals surface area contributed by atoms with Crippen molar-refractivity contribution < 1.29 is 4.42 Å². The molecule has 0 fully saturated rings. The summed E-state index contributed by atoms with van der Waals surface area (Å²) in [6, 6.07) is 8.19. The van der Waals surface area contributed by atoms with Gasteiger partial charge in [-0.15, -0.1) is 10.2 Å². The van der Waals surface area contributed by atoms with Gasteiger partial charge in [0.2, 0.25) is 11.8 Å². The smallest absolute Gasteiger partial charge is 0.247 e. The molecule has 0 aliphatic rings. The van der Waals surface area contributed by atoms with Crippen molar-refractivity contribution in [2.24, 2.45) is 0 Å². The summed E-state index contributed by atoms with van der Waals surface area (Å²) in [6.07, 6.45) is 0. The summed E-state index contributed by atoms with van der Waals surface area (Å²) in [5, 5.41) is 11.3. The van der Waals surface area contributed by atoms with Crippen molar-refractivity contribution in [2.75, 3.05) is 0 Å². The molecule has 0 aliphatic carbocycles. The van der Waals surface area contributed by atoms with Crippen molar-refractivity contribution in [1.82, 2.24) is 15.5 Å². The number of halogens is 1. The molecule has 0 radical (unpaired) electrons. The molecule has 0 saturated heterocycles. The van der Waals surface area contributed by atoms with Crippen molar-refractivity contribution in [3.05, 3.63) is 34.6 Å². The second-order valence-corrected chi connectivity index (χ2v) is 4.96. The fourth-order valence-corrected chi connectivity index (χ4v) is 1.75. The van der Waals surface area contributed by atoms with Crippen molar-refractivity contribution >= 4 is 15.9 Å². The van der Waals surface area contributed by atoms with Crippen LogP contribution in [-0.4, -0.2) is 16.2 Å². The van der Waals surface area contributed by atoms with Crippen LogP contribution in [0.25, 0.3) is 11.5 Å². The first-order valence-corrected chi connectivity index (χ1v) is 6.26. The second-order valence-electron chi connectivity index (χ2n) is 4.05. The van der Waals surface area contributed by atoms with Crippen molar-refractivity contribution in [3.8, 4) is 11.5 Å². The summed E-state index contributed by atoms with van der Waals surface area (Å²) in [5.74, 6) is 1.15. The highest BCUT2D eigenvalue weighted by Crippen LogP contribution is 2.21. The van der Waals surface area contributed by atoms with Crippen LogP contribution < -0.4 is 5.32 Å². The lowest BCUT2D eigenvalue weighted by Crippen LogP contribution is -2.21. The number of hydrogen-bond donors (Lipinski definition) is 1. The molecule has 1 heterocycles. The molecule has 0 spiro atoms. The molecule has 17 heavy (non-hydrogen) atoms. The van der Waals surface area contributed by atoms with E-state index < -0.39 is 0 Å². The summed E-state index contributed by atoms with van der Waals surface area (Å²) in [5.41, 5.74) is 0.919. The molecule has 0 bridgehead atoms.